The molecule has 0 radical (unpaired) electrons. The van der Waals surface area contributed by atoms with Crippen molar-refractivity contribution in [2.45, 2.75) is 0 Å². The van der Waals surface area contributed by atoms with Crippen LogP contribution in [0, 0.1) is 0 Å². The highest BCUT2D eigenvalue weighted by molar-refractivity contribution is 6.39. The fourth-order valence-electron chi connectivity index (χ4n) is 2.80. The Morgan fingerprint density at radius 2 is 1.60 bits per heavy atom. The van der Waals surface area contributed by atoms with Crippen molar-refractivity contribution in [2.24, 2.45) is 5.10 Å². The minimum atomic E-state index is -0.982. The number of benzene rings is 3. The summed E-state index contributed by atoms with van der Waals surface area (Å²) in [5.74, 6) is -1.83. The molecule has 35 heavy (non-hydrogen) atoms. The number of methoxy groups -OCH3 is 2. The smallest absolute Gasteiger partial charge is 0.345 e. The molecule has 11 heteroatoms. The van der Waals surface area contributed by atoms with E-state index in [-0.39, 0.29) is 22.1 Å². The lowest BCUT2D eigenvalue weighted by Crippen LogP contribution is -2.32. The molecule has 0 spiro atoms. The zero-order chi connectivity index (χ0) is 25.4. The number of ether oxygens (including phenoxy) is 3. The second kappa shape index (κ2) is 11.9. The SMILES string of the molecule is COc1ccccc1NC(=O)C(=O)N/N=C\c1ccc(OC(=O)c2ccc(Cl)cc2Cl)c(OC)c1. The highest BCUT2D eigenvalue weighted by Crippen LogP contribution is 2.30. The molecule has 180 valence electrons. The molecule has 3 aromatic carbocycles. The van der Waals surface area contributed by atoms with E-state index in [0.717, 1.165) is 0 Å². The summed E-state index contributed by atoms with van der Waals surface area (Å²) in [4.78, 5) is 36.6. The number of anilines is 1. The molecule has 0 aliphatic heterocycles. The molecule has 0 bridgehead atoms. The molecule has 0 heterocycles. The van der Waals surface area contributed by atoms with Crippen LogP contribution in [-0.4, -0.2) is 38.2 Å². The lowest BCUT2D eigenvalue weighted by atomic mass is 10.2. The predicted molar refractivity (Wildman–Crippen MR) is 132 cm³/mol. The first-order valence-electron chi connectivity index (χ1n) is 9.95. The van der Waals surface area contributed by atoms with Gasteiger partial charge >= 0.3 is 17.8 Å². The Morgan fingerprint density at radius 3 is 2.31 bits per heavy atom. The molecule has 0 saturated carbocycles. The van der Waals surface area contributed by atoms with E-state index in [1.165, 1.54) is 50.8 Å². The Morgan fingerprint density at radius 1 is 0.857 bits per heavy atom. The lowest BCUT2D eigenvalue weighted by molar-refractivity contribution is -0.136. The second-order valence-corrected chi connectivity index (χ2v) is 7.62. The van der Waals surface area contributed by atoms with E-state index in [1.54, 1.807) is 30.3 Å². The number of rotatable bonds is 7. The predicted octanol–water partition coefficient (Wildman–Crippen LogP) is 4.32. The molecule has 0 saturated heterocycles. The van der Waals surface area contributed by atoms with Crippen LogP contribution in [0.2, 0.25) is 10.0 Å². The summed E-state index contributed by atoms with van der Waals surface area (Å²) in [6, 6.07) is 15.6. The topological polar surface area (TPSA) is 115 Å². The fraction of sp³-hybridized carbons (Fsp3) is 0.0833. The van der Waals surface area contributed by atoms with Crippen molar-refractivity contribution < 1.29 is 28.6 Å². The van der Waals surface area contributed by atoms with Gasteiger partial charge in [0.1, 0.15) is 5.75 Å². The van der Waals surface area contributed by atoms with Gasteiger partial charge in [-0.15, -0.1) is 0 Å². The van der Waals surface area contributed by atoms with E-state index in [9.17, 15) is 14.4 Å². The molecule has 3 rings (SSSR count). The zero-order valence-corrected chi connectivity index (χ0v) is 20.0. The first-order valence-corrected chi connectivity index (χ1v) is 10.7. The van der Waals surface area contributed by atoms with Gasteiger partial charge in [-0.2, -0.15) is 5.10 Å². The Labute approximate surface area is 210 Å². The van der Waals surface area contributed by atoms with E-state index in [1.807, 2.05) is 0 Å². The lowest BCUT2D eigenvalue weighted by Gasteiger charge is -2.11. The van der Waals surface area contributed by atoms with Gasteiger partial charge in [0.05, 0.1) is 36.7 Å². The van der Waals surface area contributed by atoms with Crippen molar-refractivity contribution in [2.75, 3.05) is 19.5 Å². The standard InChI is InChI=1S/C24H19Cl2N3O6/c1-33-19-6-4-3-5-18(19)28-22(30)23(31)29-27-13-14-7-10-20(21(11-14)34-2)35-24(32)16-9-8-15(25)12-17(16)26/h3-13H,1-2H3,(H,28,30)(H,29,31)/b27-13-. The molecule has 9 nitrogen and oxygen atoms in total. The minimum Gasteiger partial charge on any atom is -0.495 e. The number of hydrogen-bond donors (Lipinski definition) is 2. The molecular formula is C24H19Cl2N3O6. The van der Waals surface area contributed by atoms with Crippen LogP contribution in [0.4, 0.5) is 5.69 Å². The molecule has 2 amide bonds. The molecule has 0 aliphatic rings. The number of nitrogens with one attached hydrogen (secondary N) is 2. The first-order chi connectivity index (χ1) is 16.8. The summed E-state index contributed by atoms with van der Waals surface area (Å²) < 4.78 is 15.8. The van der Waals surface area contributed by atoms with Crippen molar-refractivity contribution in [3.8, 4) is 17.2 Å². The third-order valence-electron chi connectivity index (χ3n) is 4.48. The number of hydrazone groups is 1. The van der Waals surface area contributed by atoms with Gasteiger partial charge in [0.15, 0.2) is 11.5 Å². The van der Waals surface area contributed by atoms with Gasteiger partial charge in [-0.05, 0) is 54.1 Å². The maximum absolute atomic E-state index is 12.5. The number of carbonyl (C=O) groups is 3. The number of hydrogen-bond acceptors (Lipinski definition) is 7. The molecule has 0 aromatic heterocycles. The molecule has 0 fully saturated rings. The molecule has 0 aliphatic carbocycles. The number of amides is 2. The van der Waals surface area contributed by atoms with Crippen molar-refractivity contribution in [3.63, 3.8) is 0 Å². The van der Waals surface area contributed by atoms with Crippen molar-refractivity contribution in [1.82, 2.24) is 5.43 Å². The van der Waals surface area contributed by atoms with Gasteiger partial charge in [0.2, 0.25) is 0 Å². The van der Waals surface area contributed by atoms with E-state index >= 15 is 0 Å². The van der Waals surface area contributed by atoms with Crippen LogP contribution in [0.25, 0.3) is 0 Å². The van der Waals surface area contributed by atoms with E-state index < -0.39 is 17.8 Å². The Bertz CT molecular complexity index is 1300. The van der Waals surface area contributed by atoms with Crippen LogP contribution < -0.4 is 25.0 Å². The number of halogens is 2. The average Bonchev–Trinajstić information content (AvgIpc) is 2.84. The van der Waals surface area contributed by atoms with E-state index in [2.05, 4.69) is 15.8 Å². The monoisotopic (exact) mass is 515 g/mol. The summed E-state index contributed by atoms with van der Waals surface area (Å²) in [5.41, 5.74) is 3.11. The van der Waals surface area contributed by atoms with Crippen molar-refractivity contribution >= 4 is 52.9 Å². The van der Waals surface area contributed by atoms with Crippen LogP contribution in [0.3, 0.4) is 0 Å². The summed E-state index contributed by atoms with van der Waals surface area (Å²) in [7, 11) is 2.84. The maximum atomic E-state index is 12.5. The Kier molecular flexibility index (Phi) is 8.66. The van der Waals surface area contributed by atoms with Crippen LogP contribution in [0.15, 0.2) is 65.8 Å². The van der Waals surface area contributed by atoms with Gasteiger partial charge in [0.25, 0.3) is 0 Å². The quantitative estimate of drug-likeness (QED) is 0.159. The second-order valence-electron chi connectivity index (χ2n) is 6.78. The van der Waals surface area contributed by atoms with Crippen LogP contribution in [-0.2, 0) is 9.59 Å². The van der Waals surface area contributed by atoms with Crippen LogP contribution >= 0.6 is 23.2 Å². The third-order valence-corrected chi connectivity index (χ3v) is 5.03. The number of para-hydroxylation sites is 2. The maximum Gasteiger partial charge on any atom is 0.345 e. The highest BCUT2D eigenvalue weighted by atomic mass is 35.5. The average molecular weight is 516 g/mol. The van der Waals surface area contributed by atoms with Gasteiger partial charge in [0, 0.05) is 5.02 Å². The highest BCUT2D eigenvalue weighted by Gasteiger charge is 2.17. The van der Waals surface area contributed by atoms with Crippen LogP contribution in [0.5, 0.6) is 17.2 Å². The Hall–Kier alpha value is -4.08. The summed E-state index contributed by atoms with van der Waals surface area (Å²) in [6.45, 7) is 0. The molecule has 0 atom stereocenters. The van der Waals surface area contributed by atoms with Gasteiger partial charge in [-0.3, -0.25) is 9.59 Å². The van der Waals surface area contributed by atoms with E-state index in [0.29, 0.717) is 22.0 Å². The van der Waals surface area contributed by atoms with Gasteiger partial charge in [-0.25, -0.2) is 10.2 Å². The zero-order valence-electron chi connectivity index (χ0n) is 18.5. The summed E-state index contributed by atoms with van der Waals surface area (Å²) in [5, 5.41) is 6.74. The number of nitrogens with zero attached hydrogens (tertiary/aromatic N) is 1. The van der Waals surface area contributed by atoms with E-state index in [4.69, 9.17) is 37.4 Å². The normalized spacial score (nSPS) is 10.5. The third kappa shape index (κ3) is 6.72. The number of esters is 1. The summed E-state index contributed by atoms with van der Waals surface area (Å²) >= 11 is 11.9. The van der Waals surface area contributed by atoms with Crippen LogP contribution in [0.1, 0.15) is 15.9 Å². The summed E-state index contributed by atoms with van der Waals surface area (Å²) in [6.07, 6.45) is 1.29. The molecule has 3 aromatic rings. The molecular weight excluding hydrogens is 497 g/mol. The first kappa shape index (κ1) is 25.5. The largest absolute Gasteiger partial charge is 0.495 e. The van der Waals surface area contributed by atoms with Gasteiger partial charge < -0.3 is 19.5 Å². The minimum absolute atomic E-state index is 0.137. The molecule has 2 N–H and O–H groups in total. The Balaban J connectivity index is 1.63. The number of carbonyl (C=O) groups excluding carboxylic acids is 3. The van der Waals surface area contributed by atoms with Gasteiger partial charge in [-0.1, -0.05) is 35.3 Å². The van der Waals surface area contributed by atoms with Crippen molar-refractivity contribution in [1.29, 1.82) is 0 Å². The van der Waals surface area contributed by atoms with Crippen molar-refractivity contribution in [3.05, 3.63) is 81.8 Å². The fourth-order valence-corrected chi connectivity index (χ4v) is 3.29. The molecule has 0 unspecified atom stereocenters.